The molecule has 0 spiro atoms. The van der Waals surface area contributed by atoms with E-state index in [0.717, 1.165) is 29.0 Å². The Morgan fingerprint density at radius 3 is 2.60 bits per heavy atom. The lowest BCUT2D eigenvalue weighted by atomic mass is 10.2. The summed E-state index contributed by atoms with van der Waals surface area (Å²) in [4.78, 5) is 18.7. The van der Waals surface area contributed by atoms with Crippen molar-refractivity contribution in [2.24, 2.45) is 0 Å². The van der Waals surface area contributed by atoms with Gasteiger partial charge >= 0.3 is 0 Å². The van der Waals surface area contributed by atoms with Crippen molar-refractivity contribution in [3.63, 3.8) is 0 Å². The Kier molecular flexibility index (Phi) is 9.84. The van der Waals surface area contributed by atoms with Crippen molar-refractivity contribution >= 4 is 41.8 Å². The molecule has 3 aromatic rings. The summed E-state index contributed by atoms with van der Waals surface area (Å²) >= 11 is 0. The first-order valence-corrected chi connectivity index (χ1v) is 9.00. The van der Waals surface area contributed by atoms with Gasteiger partial charge in [0.25, 0.3) is 5.91 Å². The first kappa shape index (κ1) is 25.5. The number of fused-ring (bicyclic) bond motifs is 1. The van der Waals surface area contributed by atoms with Crippen LogP contribution in [0.15, 0.2) is 36.7 Å². The molecule has 2 aromatic heterocycles. The van der Waals surface area contributed by atoms with E-state index in [0.29, 0.717) is 24.3 Å². The molecule has 0 radical (unpaired) electrons. The number of nitrogens with zero attached hydrogens (tertiary/aromatic N) is 4. The first-order chi connectivity index (χ1) is 13.6. The summed E-state index contributed by atoms with van der Waals surface area (Å²) in [5, 5.41) is 8.29. The highest BCUT2D eigenvalue weighted by atomic mass is 35.5. The second-order valence-corrected chi connectivity index (χ2v) is 6.45. The molecule has 3 rings (SSSR count). The largest absolute Gasteiger partial charge is 0.497 e. The fraction of sp³-hybridized carbons (Fsp3) is 0.350. The van der Waals surface area contributed by atoms with Crippen LogP contribution in [-0.2, 0) is 6.54 Å². The summed E-state index contributed by atoms with van der Waals surface area (Å²) in [6, 6.07) is 7.50. The van der Waals surface area contributed by atoms with Gasteiger partial charge in [-0.3, -0.25) is 4.79 Å². The summed E-state index contributed by atoms with van der Waals surface area (Å²) < 4.78 is 12.5. The van der Waals surface area contributed by atoms with E-state index in [1.54, 1.807) is 43.2 Å². The molecule has 8 nitrogen and oxygen atoms in total. The smallest absolute Gasteiger partial charge is 0.255 e. The lowest BCUT2D eigenvalue weighted by molar-refractivity contribution is 0.0796. The lowest BCUT2D eigenvalue weighted by Crippen LogP contribution is -2.32. The van der Waals surface area contributed by atoms with E-state index >= 15 is 0 Å². The van der Waals surface area contributed by atoms with Gasteiger partial charge in [-0.15, -0.1) is 24.8 Å². The van der Waals surface area contributed by atoms with Crippen LogP contribution in [0.4, 0.5) is 0 Å². The zero-order valence-corrected chi connectivity index (χ0v) is 19.0. The van der Waals surface area contributed by atoms with Gasteiger partial charge in [0.1, 0.15) is 11.5 Å². The molecule has 0 unspecified atom stereocenters. The quantitative estimate of drug-likeness (QED) is 0.562. The summed E-state index contributed by atoms with van der Waals surface area (Å²) in [5.74, 6) is 1.39. The molecule has 10 heteroatoms. The number of nitrogens with one attached hydrogen (secondary N) is 1. The molecule has 2 heterocycles. The van der Waals surface area contributed by atoms with Crippen molar-refractivity contribution in [2.45, 2.75) is 6.54 Å². The molecule has 0 fully saturated rings. The number of benzene rings is 1. The number of amides is 1. The highest BCUT2D eigenvalue weighted by molar-refractivity contribution is 5.96. The molecule has 1 N–H and O–H groups in total. The molecule has 0 saturated heterocycles. The summed E-state index contributed by atoms with van der Waals surface area (Å²) in [6.45, 7) is 1.86. The molecule has 0 aliphatic heterocycles. The minimum Gasteiger partial charge on any atom is -0.497 e. The highest BCUT2D eigenvalue weighted by Crippen LogP contribution is 2.26. The Labute approximate surface area is 188 Å². The molecule has 30 heavy (non-hydrogen) atoms. The Balaban J connectivity index is 0.00000225. The Bertz CT molecular complexity index is 980. The number of halogens is 2. The van der Waals surface area contributed by atoms with Crippen molar-refractivity contribution in [1.82, 2.24) is 25.0 Å². The van der Waals surface area contributed by atoms with Crippen LogP contribution in [0.25, 0.3) is 11.0 Å². The van der Waals surface area contributed by atoms with Crippen molar-refractivity contribution in [3.8, 4) is 11.5 Å². The number of hydrogen-bond donors (Lipinski definition) is 1. The zero-order valence-electron chi connectivity index (χ0n) is 17.4. The molecule has 1 aromatic carbocycles. The predicted octanol–water partition coefficient (Wildman–Crippen LogP) is 2.63. The summed E-state index contributed by atoms with van der Waals surface area (Å²) in [5.41, 5.74) is 2.22. The van der Waals surface area contributed by atoms with Crippen molar-refractivity contribution < 1.29 is 14.3 Å². The minimum absolute atomic E-state index is 0. The van der Waals surface area contributed by atoms with Gasteiger partial charge < -0.3 is 19.7 Å². The van der Waals surface area contributed by atoms with Gasteiger partial charge in [-0.25, -0.2) is 9.67 Å². The SMILES string of the molecule is CNCCN(C)C(=O)c1cnc2c(cnn2Cc2ccc(OC)cc2OC)c1.Cl.Cl. The molecule has 0 bridgehead atoms. The van der Waals surface area contributed by atoms with Crippen LogP contribution in [-0.4, -0.2) is 67.0 Å². The van der Waals surface area contributed by atoms with Gasteiger partial charge in [0.15, 0.2) is 5.65 Å². The molecule has 0 aliphatic rings. The second kappa shape index (κ2) is 11.6. The third-order valence-electron chi connectivity index (χ3n) is 4.58. The van der Waals surface area contributed by atoms with Crippen LogP contribution < -0.4 is 14.8 Å². The van der Waals surface area contributed by atoms with Crippen LogP contribution in [0.1, 0.15) is 15.9 Å². The predicted molar refractivity (Wildman–Crippen MR) is 122 cm³/mol. The number of ether oxygens (including phenoxy) is 2. The Morgan fingerprint density at radius 1 is 1.17 bits per heavy atom. The Hall–Kier alpha value is -2.55. The average Bonchev–Trinajstić information content (AvgIpc) is 3.13. The van der Waals surface area contributed by atoms with Crippen LogP contribution in [0, 0.1) is 0 Å². The average molecular weight is 456 g/mol. The number of pyridine rings is 1. The maximum absolute atomic E-state index is 12.5. The number of aromatic nitrogens is 3. The monoisotopic (exact) mass is 455 g/mol. The maximum atomic E-state index is 12.5. The number of hydrogen-bond acceptors (Lipinski definition) is 6. The molecule has 1 amide bonds. The van der Waals surface area contributed by atoms with Crippen molar-refractivity contribution in [3.05, 3.63) is 47.8 Å². The third-order valence-corrected chi connectivity index (χ3v) is 4.58. The van der Waals surface area contributed by atoms with E-state index in [9.17, 15) is 4.79 Å². The second-order valence-electron chi connectivity index (χ2n) is 6.45. The number of likely N-dealkylation sites (N-methyl/N-ethyl adjacent to an activating group) is 2. The highest BCUT2D eigenvalue weighted by Gasteiger charge is 2.15. The van der Waals surface area contributed by atoms with E-state index < -0.39 is 0 Å². The van der Waals surface area contributed by atoms with E-state index in [1.165, 1.54) is 0 Å². The lowest BCUT2D eigenvalue weighted by Gasteiger charge is -2.16. The van der Waals surface area contributed by atoms with E-state index in [1.807, 2.05) is 31.3 Å². The van der Waals surface area contributed by atoms with Crippen molar-refractivity contribution in [1.29, 1.82) is 0 Å². The summed E-state index contributed by atoms with van der Waals surface area (Å²) in [6.07, 6.45) is 3.33. The molecule has 0 saturated carbocycles. The fourth-order valence-electron chi connectivity index (χ4n) is 2.95. The fourth-order valence-corrected chi connectivity index (χ4v) is 2.95. The van der Waals surface area contributed by atoms with Gasteiger partial charge in [-0.05, 0) is 25.2 Å². The number of rotatable bonds is 8. The van der Waals surface area contributed by atoms with E-state index in [4.69, 9.17) is 9.47 Å². The summed E-state index contributed by atoms with van der Waals surface area (Å²) in [7, 11) is 6.88. The number of methoxy groups -OCH3 is 2. The third kappa shape index (κ3) is 5.53. The topological polar surface area (TPSA) is 81.5 Å². The van der Waals surface area contributed by atoms with Crippen LogP contribution >= 0.6 is 24.8 Å². The van der Waals surface area contributed by atoms with Gasteiger partial charge in [0.05, 0.1) is 32.5 Å². The number of carbonyl (C=O) groups excluding carboxylic acids is 1. The van der Waals surface area contributed by atoms with E-state index in [2.05, 4.69) is 15.4 Å². The number of carbonyl (C=O) groups is 1. The van der Waals surface area contributed by atoms with Gasteiger partial charge in [-0.2, -0.15) is 5.10 Å². The molecular weight excluding hydrogens is 429 g/mol. The van der Waals surface area contributed by atoms with Crippen LogP contribution in [0.2, 0.25) is 0 Å². The van der Waals surface area contributed by atoms with Gasteiger partial charge in [0.2, 0.25) is 0 Å². The molecular formula is C20H27Cl2N5O3. The van der Waals surface area contributed by atoms with E-state index in [-0.39, 0.29) is 30.7 Å². The van der Waals surface area contributed by atoms with Gasteiger partial charge in [0, 0.05) is 43.4 Å². The first-order valence-electron chi connectivity index (χ1n) is 9.00. The van der Waals surface area contributed by atoms with Crippen LogP contribution in [0.3, 0.4) is 0 Å². The molecule has 0 aliphatic carbocycles. The van der Waals surface area contributed by atoms with Crippen LogP contribution in [0.5, 0.6) is 11.5 Å². The maximum Gasteiger partial charge on any atom is 0.255 e. The zero-order chi connectivity index (χ0) is 20.1. The minimum atomic E-state index is -0.0609. The standard InChI is InChI=1S/C20H25N5O3.2ClH/c1-21-7-8-24(2)20(26)16-9-15-12-23-25(19(15)22-11-16)13-14-5-6-17(27-3)10-18(14)28-4;;/h5-6,9-12,21H,7-8,13H2,1-4H3;2*1H. The van der Waals surface area contributed by atoms with Gasteiger partial charge in [-0.1, -0.05) is 0 Å². The molecule has 164 valence electrons. The molecule has 0 atom stereocenters. The van der Waals surface area contributed by atoms with Crippen molar-refractivity contribution in [2.75, 3.05) is 41.4 Å². The Morgan fingerprint density at radius 2 is 1.93 bits per heavy atom. The normalized spacial score (nSPS) is 10.1.